The SMILES string of the molecule is COc1ccc(SC(C)C(=O)N(C)Cc2ccccc2N2CCCC2)cc1. The van der Waals surface area contributed by atoms with Gasteiger partial charge in [-0.15, -0.1) is 11.8 Å². The molecule has 0 aliphatic carbocycles. The number of methoxy groups -OCH3 is 1. The minimum absolute atomic E-state index is 0.137. The first-order valence-electron chi connectivity index (χ1n) is 9.47. The van der Waals surface area contributed by atoms with E-state index in [1.807, 2.05) is 43.1 Å². The number of benzene rings is 2. The summed E-state index contributed by atoms with van der Waals surface area (Å²) in [7, 11) is 3.55. The van der Waals surface area contributed by atoms with Crippen molar-refractivity contribution in [3.63, 3.8) is 0 Å². The summed E-state index contributed by atoms with van der Waals surface area (Å²) in [6.07, 6.45) is 2.50. The fourth-order valence-electron chi connectivity index (χ4n) is 3.46. The van der Waals surface area contributed by atoms with E-state index in [-0.39, 0.29) is 11.2 Å². The van der Waals surface area contributed by atoms with Crippen molar-refractivity contribution < 1.29 is 9.53 Å². The number of carbonyl (C=O) groups excluding carboxylic acids is 1. The Bertz CT molecular complexity index is 757. The van der Waals surface area contributed by atoms with E-state index in [2.05, 4.69) is 29.2 Å². The van der Waals surface area contributed by atoms with E-state index < -0.39 is 0 Å². The number of hydrogen-bond acceptors (Lipinski definition) is 4. The Labute approximate surface area is 166 Å². The lowest BCUT2D eigenvalue weighted by Crippen LogP contribution is -2.33. The molecule has 2 aromatic carbocycles. The Hall–Kier alpha value is -2.14. The molecule has 1 unspecified atom stereocenters. The molecule has 0 bridgehead atoms. The van der Waals surface area contributed by atoms with Crippen LogP contribution in [0.3, 0.4) is 0 Å². The van der Waals surface area contributed by atoms with Gasteiger partial charge in [-0.05, 0) is 55.7 Å². The molecule has 1 aliphatic rings. The molecule has 4 nitrogen and oxygen atoms in total. The summed E-state index contributed by atoms with van der Waals surface area (Å²) in [5.41, 5.74) is 2.49. The van der Waals surface area contributed by atoms with Crippen molar-refractivity contribution in [3.05, 3.63) is 54.1 Å². The molecule has 0 aromatic heterocycles. The summed E-state index contributed by atoms with van der Waals surface area (Å²) in [6, 6.07) is 16.3. The van der Waals surface area contributed by atoms with E-state index in [4.69, 9.17) is 4.74 Å². The molecular weight excluding hydrogens is 356 g/mol. The van der Waals surface area contributed by atoms with Gasteiger partial charge in [0.2, 0.25) is 5.91 Å². The Morgan fingerprint density at radius 1 is 1.15 bits per heavy atom. The number of ether oxygens (including phenoxy) is 1. The molecule has 5 heteroatoms. The van der Waals surface area contributed by atoms with E-state index >= 15 is 0 Å². The minimum Gasteiger partial charge on any atom is -0.497 e. The van der Waals surface area contributed by atoms with E-state index in [1.54, 1.807) is 18.9 Å². The van der Waals surface area contributed by atoms with Gasteiger partial charge in [-0.1, -0.05) is 18.2 Å². The molecule has 1 heterocycles. The van der Waals surface area contributed by atoms with Crippen LogP contribution < -0.4 is 9.64 Å². The van der Waals surface area contributed by atoms with Crippen molar-refractivity contribution >= 4 is 23.4 Å². The summed E-state index contributed by atoms with van der Waals surface area (Å²) in [5.74, 6) is 0.973. The van der Waals surface area contributed by atoms with Crippen LogP contribution in [-0.2, 0) is 11.3 Å². The number of nitrogens with zero attached hydrogens (tertiary/aromatic N) is 2. The largest absolute Gasteiger partial charge is 0.497 e. The number of amides is 1. The fraction of sp³-hybridized carbons (Fsp3) is 0.409. The molecule has 1 atom stereocenters. The molecule has 1 amide bonds. The molecule has 1 aliphatic heterocycles. The van der Waals surface area contributed by atoms with Crippen LogP contribution in [0.5, 0.6) is 5.75 Å². The number of anilines is 1. The highest BCUT2D eigenvalue weighted by Crippen LogP contribution is 2.28. The third-order valence-electron chi connectivity index (χ3n) is 4.94. The van der Waals surface area contributed by atoms with Crippen LogP contribution in [-0.4, -0.2) is 43.3 Å². The van der Waals surface area contributed by atoms with Crippen molar-refractivity contribution in [2.75, 3.05) is 32.1 Å². The second-order valence-corrected chi connectivity index (χ2v) is 8.37. The van der Waals surface area contributed by atoms with E-state index in [0.717, 1.165) is 23.7 Å². The zero-order valence-corrected chi connectivity index (χ0v) is 17.2. The summed E-state index contributed by atoms with van der Waals surface area (Å²) in [5, 5.41) is -0.137. The molecule has 0 saturated carbocycles. The zero-order valence-electron chi connectivity index (χ0n) is 16.4. The lowest BCUT2D eigenvalue weighted by Gasteiger charge is -2.26. The second-order valence-electron chi connectivity index (χ2n) is 6.95. The molecule has 27 heavy (non-hydrogen) atoms. The molecule has 1 saturated heterocycles. The lowest BCUT2D eigenvalue weighted by atomic mass is 10.1. The average molecular weight is 385 g/mol. The highest BCUT2D eigenvalue weighted by molar-refractivity contribution is 8.00. The van der Waals surface area contributed by atoms with Gasteiger partial charge < -0.3 is 14.5 Å². The van der Waals surface area contributed by atoms with Crippen molar-refractivity contribution in [3.8, 4) is 5.75 Å². The number of hydrogen-bond donors (Lipinski definition) is 0. The molecule has 1 fully saturated rings. The van der Waals surface area contributed by atoms with Gasteiger partial charge in [-0.2, -0.15) is 0 Å². The quantitative estimate of drug-likeness (QED) is 0.661. The van der Waals surface area contributed by atoms with E-state index in [0.29, 0.717) is 6.54 Å². The van der Waals surface area contributed by atoms with Gasteiger partial charge in [-0.3, -0.25) is 4.79 Å². The van der Waals surface area contributed by atoms with Gasteiger partial charge in [0.1, 0.15) is 5.75 Å². The Kier molecular flexibility index (Phi) is 6.67. The first kappa shape index (κ1) is 19.6. The Morgan fingerprint density at radius 2 is 1.81 bits per heavy atom. The fourth-order valence-corrected chi connectivity index (χ4v) is 4.45. The van der Waals surface area contributed by atoms with Crippen LogP contribution in [0.4, 0.5) is 5.69 Å². The number of thioether (sulfide) groups is 1. The molecule has 144 valence electrons. The number of carbonyl (C=O) groups is 1. The molecule has 0 spiro atoms. The van der Waals surface area contributed by atoms with Gasteiger partial charge in [0.15, 0.2) is 0 Å². The molecule has 3 rings (SSSR count). The summed E-state index contributed by atoms with van der Waals surface area (Å²) >= 11 is 1.58. The summed E-state index contributed by atoms with van der Waals surface area (Å²) in [4.78, 5) is 18.2. The van der Waals surface area contributed by atoms with Gasteiger partial charge in [0, 0.05) is 37.3 Å². The highest BCUT2D eigenvalue weighted by Gasteiger charge is 2.21. The van der Waals surface area contributed by atoms with Crippen LogP contribution in [0.1, 0.15) is 25.3 Å². The van der Waals surface area contributed by atoms with Crippen LogP contribution in [0.25, 0.3) is 0 Å². The number of para-hydroxylation sites is 1. The monoisotopic (exact) mass is 384 g/mol. The molecule has 0 N–H and O–H groups in total. The zero-order chi connectivity index (χ0) is 19.2. The van der Waals surface area contributed by atoms with Crippen molar-refractivity contribution in [1.82, 2.24) is 4.90 Å². The van der Waals surface area contributed by atoms with Gasteiger partial charge in [-0.25, -0.2) is 0 Å². The smallest absolute Gasteiger partial charge is 0.235 e. The van der Waals surface area contributed by atoms with E-state index in [1.165, 1.54) is 24.1 Å². The Balaban J connectivity index is 1.63. The molecule has 2 aromatic rings. The second kappa shape index (κ2) is 9.18. The molecular formula is C22H28N2O2S. The van der Waals surface area contributed by atoms with Crippen LogP contribution in [0.15, 0.2) is 53.4 Å². The maximum absolute atomic E-state index is 12.9. The third kappa shape index (κ3) is 4.98. The summed E-state index contributed by atoms with van der Waals surface area (Å²) in [6.45, 7) is 4.83. The summed E-state index contributed by atoms with van der Waals surface area (Å²) < 4.78 is 5.19. The van der Waals surface area contributed by atoms with Crippen molar-refractivity contribution in [2.24, 2.45) is 0 Å². The van der Waals surface area contributed by atoms with Crippen LogP contribution in [0, 0.1) is 0 Å². The standard InChI is InChI=1S/C22H28N2O2S/c1-17(27-20-12-10-19(26-3)11-13-20)22(25)23(2)16-18-8-4-5-9-21(18)24-14-6-7-15-24/h4-5,8-13,17H,6-7,14-16H2,1-3H3. The first-order chi connectivity index (χ1) is 13.1. The normalized spacial score (nSPS) is 14.9. The third-order valence-corrected chi connectivity index (χ3v) is 6.04. The maximum atomic E-state index is 12.9. The van der Waals surface area contributed by atoms with Crippen LogP contribution >= 0.6 is 11.8 Å². The average Bonchev–Trinajstić information content (AvgIpc) is 3.23. The van der Waals surface area contributed by atoms with E-state index in [9.17, 15) is 4.79 Å². The predicted molar refractivity (Wildman–Crippen MR) is 113 cm³/mol. The maximum Gasteiger partial charge on any atom is 0.235 e. The minimum atomic E-state index is -0.137. The Morgan fingerprint density at radius 3 is 2.48 bits per heavy atom. The lowest BCUT2D eigenvalue weighted by molar-refractivity contribution is -0.129. The first-order valence-corrected chi connectivity index (χ1v) is 10.3. The van der Waals surface area contributed by atoms with Gasteiger partial charge in [0.25, 0.3) is 0 Å². The topological polar surface area (TPSA) is 32.8 Å². The van der Waals surface area contributed by atoms with Crippen molar-refractivity contribution in [1.29, 1.82) is 0 Å². The van der Waals surface area contributed by atoms with Crippen LogP contribution in [0.2, 0.25) is 0 Å². The van der Waals surface area contributed by atoms with Gasteiger partial charge >= 0.3 is 0 Å². The van der Waals surface area contributed by atoms with Gasteiger partial charge in [0.05, 0.1) is 12.4 Å². The predicted octanol–water partition coefficient (Wildman–Crippen LogP) is 4.43. The highest BCUT2D eigenvalue weighted by atomic mass is 32.2. The molecule has 0 radical (unpaired) electrons. The number of rotatable bonds is 7. The van der Waals surface area contributed by atoms with Crippen molar-refractivity contribution in [2.45, 2.75) is 36.5 Å².